The number of amides is 1. The molecule has 0 spiro atoms. The molecule has 0 aromatic heterocycles. The van der Waals surface area contributed by atoms with Crippen LogP contribution < -0.4 is 20.1 Å². The minimum absolute atomic E-state index is 0.161. The molecule has 5 nitrogen and oxygen atoms in total. The number of halogens is 1. The van der Waals surface area contributed by atoms with E-state index in [9.17, 15) is 4.79 Å². The SMILES string of the molecule is C#CCNC(=O)COc1c(Cl)cc(CNCC)cc1OC. The Morgan fingerprint density at radius 2 is 2.24 bits per heavy atom. The number of hydrogen-bond donors (Lipinski definition) is 2. The minimum atomic E-state index is -0.317. The summed E-state index contributed by atoms with van der Waals surface area (Å²) in [5.74, 6) is 2.82. The van der Waals surface area contributed by atoms with Gasteiger partial charge < -0.3 is 20.1 Å². The van der Waals surface area contributed by atoms with Crippen LogP contribution in [0.2, 0.25) is 5.02 Å². The summed E-state index contributed by atoms with van der Waals surface area (Å²) in [6.45, 7) is 3.53. The number of benzene rings is 1. The highest BCUT2D eigenvalue weighted by Gasteiger charge is 2.13. The third kappa shape index (κ3) is 5.54. The fourth-order valence-electron chi connectivity index (χ4n) is 1.62. The van der Waals surface area contributed by atoms with E-state index in [2.05, 4.69) is 16.6 Å². The average Bonchev–Trinajstić information content (AvgIpc) is 2.49. The van der Waals surface area contributed by atoms with Crippen LogP contribution in [0.15, 0.2) is 12.1 Å². The second-order valence-electron chi connectivity index (χ2n) is 4.16. The van der Waals surface area contributed by atoms with Crippen LogP contribution >= 0.6 is 11.6 Å². The molecule has 1 aromatic rings. The minimum Gasteiger partial charge on any atom is -0.493 e. The molecule has 114 valence electrons. The maximum atomic E-state index is 11.5. The molecule has 0 heterocycles. The highest BCUT2D eigenvalue weighted by Crippen LogP contribution is 2.36. The molecular weight excluding hydrogens is 292 g/mol. The quantitative estimate of drug-likeness (QED) is 0.716. The lowest BCUT2D eigenvalue weighted by Crippen LogP contribution is -2.29. The number of terminal acetylenes is 1. The van der Waals surface area contributed by atoms with Crippen LogP contribution in [0.25, 0.3) is 0 Å². The average molecular weight is 311 g/mol. The third-order valence-corrected chi connectivity index (χ3v) is 2.88. The van der Waals surface area contributed by atoms with E-state index in [1.54, 1.807) is 6.07 Å². The number of nitrogens with one attached hydrogen (secondary N) is 2. The fraction of sp³-hybridized carbons (Fsp3) is 0.400. The van der Waals surface area contributed by atoms with Crippen molar-refractivity contribution in [3.63, 3.8) is 0 Å². The van der Waals surface area contributed by atoms with Gasteiger partial charge in [-0.1, -0.05) is 24.4 Å². The Kier molecular flexibility index (Phi) is 7.44. The molecule has 1 amide bonds. The molecule has 6 heteroatoms. The first kappa shape index (κ1) is 17.2. The molecule has 0 bridgehead atoms. The summed E-state index contributed by atoms with van der Waals surface area (Å²) in [6.07, 6.45) is 5.06. The standard InChI is InChI=1S/C15H19ClN2O3/c1-4-6-18-14(19)10-21-15-12(16)7-11(9-17-5-2)8-13(15)20-3/h1,7-8,17H,5-6,9-10H2,2-3H3,(H,18,19). The summed E-state index contributed by atoms with van der Waals surface area (Å²) in [5, 5.41) is 6.10. The van der Waals surface area contributed by atoms with Gasteiger partial charge >= 0.3 is 0 Å². The van der Waals surface area contributed by atoms with Gasteiger partial charge in [-0.05, 0) is 24.2 Å². The van der Waals surface area contributed by atoms with Crippen molar-refractivity contribution in [2.75, 3.05) is 26.8 Å². The number of rotatable bonds is 8. The van der Waals surface area contributed by atoms with E-state index in [0.717, 1.165) is 12.1 Å². The molecule has 21 heavy (non-hydrogen) atoms. The lowest BCUT2D eigenvalue weighted by Gasteiger charge is -2.14. The van der Waals surface area contributed by atoms with Crippen molar-refractivity contribution in [2.24, 2.45) is 0 Å². The van der Waals surface area contributed by atoms with Gasteiger partial charge in [0.2, 0.25) is 0 Å². The Balaban J connectivity index is 2.77. The Morgan fingerprint density at radius 1 is 1.48 bits per heavy atom. The second-order valence-corrected chi connectivity index (χ2v) is 4.57. The number of carbonyl (C=O) groups excluding carboxylic acids is 1. The molecule has 0 radical (unpaired) electrons. The predicted octanol–water partition coefficient (Wildman–Crippen LogP) is 1.59. The van der Waals surface area contributed by atoms with E-state index in [4.69, 9.17) is 27.5 Å². The Bertz CT molecular complexity index is 526. The maximum Gasteiger partial charge on any atom is 0.258 e. The van der Waals surface area contributed by atoms with Crippen LogP contribution in [0.4, 0.5) is 0 Å². The molecule has 0 aliphatic rings. The van der Waals surface area contributed by atoms with Gasteiger partial charge in [0.25, 0.3) is 5.91 Å². The number of methoxy groups -OCH3 is 1. The van der Waals surface area contributed by atoms with Gasteiger partial charge in [-0.2, -0.15) is 0 Å². The monoisotopic (exact) mass is 310 g/mol. The maximum absolute atomic E-state index is 11.5. The van der Waals surface area contributed by atoms with Crippen molar-refractivity contribution in [2.45, 2.75) is 13.5 Å². The van der Waals surface area contributed by atoms with Crippen LogP contribution in [-0.4, -0.2) is 32.7 Å². The summed E-state index contributed by atoms with van der Waals surface area (Å²) in [4.78, 5) is 11.5. The number of ether oxygens (including phenoxy) is 2. The lowest BCUT2D eigenvalue weighted by molar-refractivity contribution is -0.122. The third-order valence-electron chi connectivity index (χ3n) is 2.60. The van der Waals surface area contributed by atoms with Crippen LogP contribution in [0, 0.1) is 12.3 Å². The van der Waals surface area contributed by atoms with Crippen molar-refractivity contribution < 1.29 is 14.3 Å². The van der Waals surface area contributed by atoms with Gasteiger partial charge in [-0.25, -0.2) is 0 Å². The summed E-state index contributed by atoms with van der Waals surface area (Å²) >= 11 is 6.18. The van der Waals surface area contributed by atoms with E-state index in [0.29, 0.717) is 23.1 Å². The topological polar surface area (TPSA) is 59.6 Å². The van der Waals surface area contributed by atoms with Gasteiger partial charge in [0, 0.05) is 6.54 Å². The van der Waals surface area contributed by atoms with Crippen LogP contribution in [-0.2, 0) is 11.3 Å². The molecule has 0 aliphatic heterocycles. The van der Waals surface area contributed by atoms with E-state index in [1.807, 2.05) is 13.0 Å². The highest BCUT2D eigenvalue weighted by atomic mass is 35.5. The van der Waals surface area contributed by atoms with Gasteiger partial charge in [0.05, 0.1) is 18.7 Å². The van der Waals surface area contributed by atoms with Crippen molar-refractivity contribution in [1.29, 1.82) is 0 Å². The second kappa shape index (κ2) is 9.11. The molecule has 0 saturated heterocycles. The van der Waals surface area contributed by atoms with E-state index in [1.165, 1.54) is 7.11 Å². The predicted molar refractivity (Wildman–Crippen MR) is 82.7 cm³/mol. The largest absolute Gasteiger partial charge is 0.493 e. The molecule has 2 N–H and O–H groups in total. The van der Waals surface area contributed by atoms with Crippen LogP contribution in [0.3, 0.4) is 0 Å². The fourth-order valence-corrected chi connectivity index (χ4v) is 1.91. The van der Waals surface area contributed by atoms with Crippen molar-refractivity contribution in [3.05, 3.63) is 22.7 Å². The van der Waals surface area contributed by atoms with Gasteiger partial charge in [-0.3, -0.25) is 4.79 Å². The van der Waals surface area contributed by atoms with Crippen LogP contribution in [0.1, 0.15) is 12.5 Å². The molecular formula is C15H19ClN2O3. The number of hydrogen-bond acceptors (Lipinski definition) is 4. The van der Waals surface area contributed by atoms with Crippen molar-refractivity contribution >= 4 is 17.5 Å². The van der Waals surface area contributed by atoms with E-state index >= 15 is 0 Å². The molecule has 1 rings (SSSR count). The molecule has 0 atom stereocenters. The lowest BCUT2D eigenvalue weighted by atomic mass is 10.2. The smallest absolute Gasteiger partial charge is 0.258 e. The summed E-state index contributed by atoms with van der Waals surface area (Å²) in [7, 11) is 1.52. The molecule has 0 saturated carbocycles. The first-order chi connectivity index (χ1) is 10.1. The summed E-state index contributed by atoms with van der Waals surface area (Å²) in [5.41, 5.74) is 0.975. The molecule has 1 aromatic carbocycles. The normalized spacial score (nSPS) is 9.81. The van der Waals surface area contributed by atoms with Crippen molar-refractivity contribution in [3.8, 4) is 23.8 Å². The van der Waals surface area contributed by atoms with Gasteiger partial charge in [-0.15, -0.1) is 6.42 Å². The molecule has 0 aliphatic carbocycles. The Morgan fingerprint density at radius 3 is 2.86 bits per heavy atom. The van der Waals surface area contributed by atoms with E-state index in [-0.39, 0.29) is 19.1 Å². The first-order valence-corrected chi connectivity index (χ1v) is 6.90. The van der Waals surface area contributed by atoms with Crippen LogP contribution in [0.5, 0.6) is 11.5 Å². The molecule has 0 fully saturated rings. The Hall–Kier alpha value is -1.90. The number of carbonyl (C=O) groups is 1. The van der Waals surface area contributed by atoms with Gasteiger partial charge in [0.1, 0.15) is 0 Å². The highest BCUT2D eigenvalue weighted by molar-refractivity contribution is 6.32. The molecule has 0 unspecified atom stereocenters. The zero-order valence-electron chi connectivity index (χ0n) is 12.2. The first-order valence-electron chi connectivity index (χ1n) is 6.52. The van der Waals surface area contributed by atoms with E-state index < -0.39 is 0 Å². The Labute approximate surface area is 130 Å². The zero-order chi connectivity index (χ0) is 15.7. The summed E-state index contributed by atoms with van der Waals surface area (Å²) < 4.78 is 10.7. The van der Waals surface area contributed by atoms with Gasteiger partial charge in [0.15, 0.2) is 18.1 Å². The summed E-state index contributed by atoms with van der Waals surface area (Å²) in [6, 6.07) is 3.60. The zero-order valence-corrected chi connectivity index (χ0v) is 12.9. The van der Waals surface area contributed by atoms with Crippen molar-refractivity contribution in [1.82, 2.24) is 10.6 Å².